The lowest BCUT2D eigenvalue weighted by molar-refractivity contribution is -0.142. The van der Waals surface area contributed by atoms with Gasteiger partial charge in [0.25, 0.3) is 0 Å². The molecule has 1 amide bonds. The van der Waals surface area contributed by atoms with E-state index in [1.165, 1.54) is 17.5 Å². The van der Waals surface area contributed by atoms with Gasteiger partial charge in [0.1, 0.15) is 5.58 Å². The molecule has 0 bridgehead atoms. The summed E-state index contributed by atoms with van der Waals surface area (Å²) in [6, 6.07) is 4.39. The lowest BCUT2D eigenvalue weighted by atomic mass is 10.0. The number of fused-ring (bicyclic) bond motifs is 2. The number of nitrogens with zero attached hydrogens (tertiary/aromatic N) is 1. The van der Waals surface area contributed by atoms with Crippen LogP contribution in [0, 0.1) is 0 Å². The molecular weight excluding hydrogens is 290 g/mol. The molecule has 122 valence electrons. The topological polar surface area (TPSA) is 42.7 Å². The monoisotopic (exact) mass is 313 g/mol. The molecule has 0 saturated carbocycles. The van der Waals surface area contributed by atoms with Crippen molar-refractivity contribution in [3.8, 4) is 0 Å². The average Bonchev–Trinajstić information content (AvgIpc) is 3.11. The first kappa shape index (κ1) is 14.8. The van der Waals surface area contributed by atoms with E-state index in [1.54, 1.807) is 6.26 Å². The van der Waals surface area contributed by atoms with E-state index in [-0.39, 0.29) is 18.1 Å². The number of aryl methyl sites for hydroxylation is 2. The Morgan fingerprint density at radius 2 is 1.87 bits per heavy atom. The summed E-state index contributed by atoms with van der Waals surface area (Å²) < 4.78 is 11.4. The standard InChI is InChI=1S/C19H23NO3/c1-12-9-20(10-13(2)23-12)19(21)8-16-11-22-18-7-15-5-3-4-14(15)6-17(16)18/h6-7,11-13H,3-5,8-10H2,1-2H3. The van der Waals surface area contributed by atoms with E-state index in [1.807, 2.05) is 18.7 Å². The van der Waals surface area contributed by atoms with E-state index in [0.717, 1.165) is 29.4 Å². The molecule has 23 heavy (non-hydrogen) atoms. The number of carbonyl (C=O) groups excluding carboxylic acids is 1. The number of carbonyl (C=O) groups is 1. The zero-order valence-corrected chi connectivity index (χ0v) is 13.8. The summed E-state index contributed by atoms with van der Waals surface area (Å²) in [5.74, 6) is 0.162. The van der Waals surface area contributed by atoms with Crippen molar-refractivity contribution >= 4 is 16.9 Å². The van der Waals surface area contributed by atoms with Gasteiger partial charge in [0.2, 0.25) is 5.91 Å². The van der Waals surface area contributed by atoms with Crippen LogP contribution in [0.15, 0.2) is 22.8 Å². The van der Waals surface area contributed by atoms with E-state index >= 15 is 0 Å². The van der Waals surface area contributed by atoms with E-state index < -0.39 is 0 Å². The highest BCUT2D eigenvalue weighted by Crippen LogP contribution is 2.30. The minimum absolute atomic E-state index is 0.104. The van der Waals surface area contributed by atoms with Crippen LogP contribution in [0.1, 0.15) is 37.0 Å². The predicted molar refractivity (Wildman–Crippen MR) is 88.5 cm³/mol. The number of furan rings is 1. The number of hydrogen-bond donors (Lipinski definition) is 0. The molecule has 1 aromatic carbocycles. The summed E-state index contributed by atoms with van der Waals surface area (Å²) in [5, 5.41) is 1.10. The fraction of sp³-hybridized carbons (Fsp3) is 0.526. The molecule has 0 spiro atoms. The van der Waals surface area contributed by atoms with Gasteiger partial charge >= 0.3 is 0 Å². The summed E-state index contributed by atoms with van der Waals surface area (Å²) in [7, 11) is 0. The molecule has 1 aliphatic heterocycles. The SMILES string of the molecule is CC1CN(C(=O)Cc2coc3cc4c(cc23)CCC4)CC(C)O1. The van der Waals surface area contributed by atoms with Crippen LogP contribution in [-0.2, 0) is 28.8 Å². The molecule has 1 aromatic heterocycles. The molecule has 2 aromatic rings. The highest BCUT2D eigenvalue weighted by molar-refractivity contribution is 5.88. The highest BCUT2D eigenvalue weighted by Gasteiger charge is 2.26. The molecular formula is C19H23NO3. The summed E-state index contributed by atoms with van der Waals surface area (Å²) in [6.07, 6.45) is 5.88. The number of hydrogen-bond acceptors (Lipinski definition) is 3. The normalized spacial score (nSPS) is 24.2. The number of ether oxygens (including phenoxy) is 1. The molecule has 1 saturated heterocycles. The highest BCUT2D eigenvalue weighted by atomic mass is 16.5. The van der Waals surface area contributed by atoms with Crippen molar-refractivity contribution in [3.05, 3.63) is 35.1 Å². The van der Waals surface area contributed by atoms with Gasteiger partial charge in [-0.3, -0.25) is 4.79 Å². The number of rotatable bonds is 2. The van der Waals surface area contributed by atoms with Gasteiger partial charge in [0, 0.05) is 24.0 Å². The Morgan fingerprint density at radius 3 is 2.61 bits per heavy atom. The average molecular weight is 313 g/mol. The fourth-order valence-corrected chi connectivity index (χ4v) is 3.94. The van der Waals surface area contributed by atoms with Gasteiger partial charge in [0.05, 0.1) is 24.9 Å². The lowest BCUT2D eigenvalue weighted by Gasteiger charge is -2.35. The van der Waals surface area contributed by atoms with Gasteiger partial charge in [-0.2, -0.15) is 0 Å². The molecule has 0 radical (unpaired) electrons. The second-order valence-corrected chi connectivity index (χ2v) is 6.96. The van der Waals surface area contributed by atoms with Gasteiger partial charge in [-0.05, 0) is 56.4 Å². The Kier molecular flexibility index (Phi) is 3.64. The summed E-state index contributed by atoms with van der Waals surface area (Å²) >= 11 is 0. The van der Waals surface area contributed by atoms with Gasteiger partial charge in [0.15, 0.2) is 0 Å². The third kappa shape index (κ3) is 2.76. The molecule has 1 fully saturated rings. The molecule has 2 atom stereocenters. The molecule has 0 N–H and O–H groups in total. The Morgan fingerprint density at radius 1 is 1.17 bits per heavy atom. The first-order valence-electron chi connectivity index (χ1n) is 8.55. The van der Waals surface area contributed by atoms with Crippen molar-refractivity contribution in [3.63, 3.8) is 0 Å². The van der Waals surface area contributed by atoms with Crippen molar-refractivity contribution in [2.75, 3.05) is 13.1 Å². The third-order valence-corrected chi connectivity index (χ3v) is 4.98. The van der Waals surface area contributed by atoms with Crippen LogP contribution < -0.4 is 0 Å². The van der Waals surface area contributed by atoms with Gasteiger partial charge in [-0.1, -0.05) is 0 Å². The zero-order valence-electron chi connectivity index (χ0n) is 13.8. The van der Waals surface area contributed by atoms with Crippen molar-refractivity contribution in [2.24, 2.45) is 0 Å². The Bertz CT molecular complexity index is 738. The maximum atomic E-state index is 12.7. The van der Waals surface area contributed by atoms with E-state index in [2.05, 4.69) is 12.1 Å². The van der Waals surface area contributed by atoms with E-state index in [0.29, 0.717) is 19.5 Å². The fourth-order valence-electron chi connectivity index (χ4n) is 3.94. The Hall–Kier alpha value is -1.81. The molecule has 4 rings (SSSR count). The molecule has 2 aliphatic rings. The molecule has 2 unspecified atom stereocenters. The van der Waals surface area contributed by atoms with E-state index in [4.69, 9.17) is 9.15 Å². The maximum Gasteiger partial charge on any atom is 0.227 e. The maximum absolute atomic E-state index is 12.7. The summed E-state index contributed by atoms with van der Waals surface area (Å²) in [5.41, 5.74) is 4.74. The van der Waals surface area contributed by atoms with Crippen LogP contribution in [-0.4, -0.2) is 36.1 Å². The third-order valence-electron chi connectivity index (χ3n) is 4.98. The minimum Gasteiger partial charge on any atom is -0.464 e. The smallest absolute Gasteiger partial charge is 0.227 e. The van der Waals surface area contributed by atoms with Crippen molar-refractivity contribution in [2.45, 2.75) is 51.7 Å². The van der Waals surface area contributed by atoms with Crippen LogP contribution in [0.2, 0.25) is 0 Å². The largest absolute Gasteiger partial charge is 0.464 e. The quantitative estimate of drug-likeness (QED) is 0.855. The Balaban J connectivity index is 1.56. The van der Waals surface area contributed by atoms with Crippen LogP contribution in [0.4, 0.5) is 0 Å². The first-order chi connectivity index (χ1) is 11.1. The van der Waals surface area contributed by atoms with Crippen molar-refractivity contribution < 1.29 is 13.9 Å². The summed E-state index contributed by atoms with van der Waals surface area (Å²) in [6.45, 7) is 5.39. The number of amides is 1. The van der Waals surface area contributed by atoms with Crippen LogP contribution in [0.5, 0.6) is 0 Å². The van der Waals surface area contributed by atoms with E-state index in [9.17, 15) is 4.79 Å². The van der Waals surface area contributed by atoms with Crippen molar-refractivity contribution in [1.82, 2.24) is 4.90 Å². The molecule has 4 nitrogen and oxygen atoms in total. The summed E-state index contributed by atoms with van der Waals surface area (Å²) in [4.78, 5) is 14.6. The first-order valence-corrected chi connectivity index (χ1v) is 8.55. The minimum atomic E-state index is 0.104. The number of morpholine rings is 1. The Labute approximate surface area is 136 Å². The number of benzene rings is 1. The van der Waals surface area contributed by atoms with Gasteiger partial charge in [-0.15, -0.1) is 0 Å². The van der Waals surface area contributed by atoms with Crippen LogP contribution in [0.25, 0.3) is 11.0 Å². The molecule has 2 heterocycles. The van der Waals surface area contributed by atoms with Crippen molar-refractivity contribution in [1.29, 1.82) is 0 Å². The molecule has 1 aliphatic carbocycles. The predicted octanol–water partition coefficient (Wildman–Crippen LogP) is 3.10. The van der Waals surface area contributed by atoms with Crippen LogP contribution >= 0.6 is 0 Å². The van der Waals surface area contributed by atoms with Crippen LogP contribution in [0.3, 0.4) is 0 Å². The second kappa shape index (κ2) is 5.68. The second-order valence-electron chi connectivity index (χ2n) is 6.96. The molecule has 4 heteroatoms. The lowest BCUT2D eigenvalue weighted by Crippen LogP contribution is -2.48. The van der Waals surface area contributed by atoms with Gasteiger partial charge < -0.3 is 14.1 Å². The zero-order chi connectivity index (χ0) is 16.0. The van der Waals surface area contributed by atoms with Gasteiger partial charge in [-0.25, -0.2) is 0 Å².